The lowest BCUT2D eigenvalue weighted by Crippen LogP contribution is -2.15. The molecular formula is C18H12BrClF3N3O3. The zero-order valence-corrected chi connectivity index (χ0v) is 16.8. The van der Waals surface area contributed by atoms with Crippen LogP contribution in [0.1, 0.15) is 10.5 Å². The van der Waals surface area contributed by atoms with Crippen LogP contribution >= 0.6 is 27.5 Å². The largest absolute Gasteiger partial charge is 0.470 e. The number of nitrogens with one attached hydrogen (secondary N) is 1. The molecule has 0 aliphatic heterocycles. The lowest BCUT2D eigenvalue weighted by molar-refractivity contribution is -0.0495. The lowest BCUT2D eigenvalue weighted by Gasteiger charge is -2.11. The van der Waals surface area contributed by atoms with Gasteiger partial charge < -0.3 is 14.8 Å². The fraction of sp³-hybridized carbons (Fsp3) is 0.111. The van der Waals surface area contributed by atoms with Crippen LogP contribution in [-0.2, 0) is 6.73 Å². The highest BCUT2D eigenvalue weighted by Gasteiger charge is 2.16. The Bertz CT molecular complexity index is 1030. The van der Waals surface area contributed by atoms with Crippen molar-refractivity contribution in [2.24, 2.45) is 0 Å². The van der Waals surface area contributed by atoms with Crippen molar-refractivity contribution in [3.63, 3.8) is 0 Å². The van der Waals surface area contributed by atoms with E-state index >= 15 is 0 Å². The van der Waals surface area contributed by atoms with E-state index in [-0.39, 0.29) is 18.1 Å². The maximum Gasteiger partial charge on any atom is 0.387 e. The molecule has 11 heteroatoms. The zero-order chi connectivity index (χ0) is 21.0. The Morgan fingerprint density at radius 2 is 2.00 bits per heavy atom. The quantitative estimate of drug-likeness (QED) is 0.486. The molecule has 2 aromatic carbocycles. The number of carbonyl (C=O) groups excluding carboxylic acids is 1. The molecular weight excluding hydrogens is 479 g/mol. The van der Waals surface area contributed by atoms with Gasteiger partial charge in [0.15, 0.2) is 18.2 Å². The first-order valence-electron chi connectivity index (χ1n) is 7.99. The number of hydrogen-bond acceptors (Lipinski definition) is 4. The summed E-state index contributed by atoms with van der Waals surface area (Å²) in [6.07, 6.45) is 1.50. The minimum absolute atomic E-state index is 0.00362. The Morgan fingerprint density at radius 3 is 2.72 bits per heavy atom. The average Bonchev–Trinajstić information content (AvgIpc) is 3.12. The number of hydrogen-bond donors (Lipinski definition) is 1. The number of carbonyl (C=O) groups is 1. The Morgan fingerprint density at radius 1 is 1.21 bits per heavy atom. The standard InChI is InChI=1S/C18H12BrClF3N3O3/c19-12-7-10(20)1-4-15(12)28-9-26-6-5-14(25-26)17(27)24-13-3-2-11(21)8-16(13)29-18(22)23/h1-8,18H,9H2,(H,24,27). The topological polar surface area (TPSA) is 65.4 Å². The fourth-order valence-corrected chi connectivity index (χ4v) is 3.06. The van der Waals surface area contributed by atoms with Crippen molar-refractivity contribution in [1.82, 2.24) is 9.78 Å². The summed E-state index contributed by atoms with van der Waals surface area (Å²) < 4.78 is 50.0. The third-order valence-corrected chi connectivity index (χ3v) is 4.38. The molecule has 1 aromatic heterocycles. The highest BCUT2D eigenvalue weighted by molar-refractivity contribution is 9.10. The SMILES string of the molecule is O=C(Nc1ccc(F)cc1OC(F)F)c1ccn(COc2ccc(Cl)cc2Br)n1. The molecule has 1 heterocycles. The van der Waals surface area contributed by atoms with E-state index < -0.39 is 24.1 Å². The summed E-state index contributed by atoms with van der Waals surface area (Å²) in [6, 6.07) is 9.27. The first-order valence-corrected chi connectivity index (χ1v) is 9.16. The van der Waals surface area contributed by atoms with Crippen molar-refractivity contribution < 1.29 is 27.4 Å². The summed E-state index contributed by atoms with van der Waals surface area (Å²) in [7, 11) is 0. The molecule has 0 aliphatic rings. The van der Waals surface area contributed by atoms with Crippen LogP contribution in [0, 0.1) is 5.82 Å². The summed E-state index contributed by atoms with van der Waals surface area (Å²) >= 11 is 9.19. The molecule has 29 heavy (non-hydrogen) atoms. The van der Waals surface area contributed by atoms with E-state index in [9.17, 15) is 18.0 Å². The number of anilines is 1. The lowest BCUT2D eigenvalue weighted by atomic mass is 10.2. The summed E-state index contributed by atoms with van der Waals surface area (Å²) in [5.41, 5.74) is -0.122. The number of halogens is 5. The molecule has 0 atom stereocenters. The second kappa shape index (κ2) is 9.19. The maximum atomic E-state index is 13.3. The molecule has 0 saturated heterocycles. The van der Waals surface area contributed by atoms with Crippen molar-refractivity contribution in [2.45, 2.75) is 13.3 Å². The minimum Gasteiger partial charge on any atom is -0.470 e. The Labute approximate surface area is 176 Å². The van der Waals surface area contributed by atoms with E-state index in [1.807, 2.05) is 0 Å². The van der Waals surface area contributed by atoms with Crippen molar-refractivity contribution in [1.29, 1.82) is 0 Å². The van der Waals surface area contributed by atoms with Crippen LogP contribution in [0.2, 0.25) is 5.02 Å². The van der Waals surface area contributed by atoms with E-state index in [0.717, 1.165) is 18.2 Å². The highest BCUT2D eigenvalue weighted by atomic mass is 79.9. The first kappa shape index (κ1) is 21.0. The van der Waals surface area contributed by atoms with E-state index in [4.69, 9.17) is 16.3 Å². The van der Waals surface area contributed by atoms with Crippen LogP contribution in [0.5, 0.6) is 11.5 Å². The molecule has 0 fully saturated rings. The van der Waals surface area contributed by atoms with Crippen molar-refractivity contribution in [3.05, 3.63) is 69.7 Å². The minimum atomic E-state index is -3.17. The second-order valence-corrected chi connectivity index (χ2v) is 6.85. The van der Waals surface area contributed by atoms with Crippen molar-refractivity contribution in [2.75, 3.05) is 5.32 Å². The molecule has 1 N–H and O–H groups in total. The number of benzene rings is 2. The molecule has 0 aliphatic carbocycles. The summed E-state index contributed by atoms with van der Waals surface area (Å²) in [4.78, 5) is 12.3. The van der Waals surface area contributed by atoms with Gasteiger partial charge in [0, 0.05) is 17.3 Å². The van der Waals surface area contributed by atoms with Gasteiger partial charge in [-0.25, -0.2) is 9.07 Å². The third kappa shape index (κ3) is 5.64. The van der Waals surface area contributed by atoms with Gasteiger partial charge >= 0.3 is 6.61 Å². The van der Waals surface area contributed by atoms with Gasteiger partial charge in [-0.3, -0.25) is 4.79 Å². The normalized spacial score (nSPS) is 10.8. The van der Waals surface area contributed by atoms with Crippen molar-refractivity contribution >= 4 is 39.1 Å². The van der Waals surface area contributed by atoms with Gasteiger partial charge in [-0.1, -0.05) is 11.6 Å². The number of aromatic nitrogens is 2. The summed E-state index contributed by atoms with van der Waals surface area (Å²) in [5, 5.41) is 6.95. The van der Waals surface area contributed by atoms with Gasteiger partial charge in [-0.2, -0.15) is 13.9 Å². The third-order valence-electron chi connectivity index (χ3n) is 3.53. The van der Waals surface area contributed by atoms with E-state index in [1.165, 1.54) is 16.9 Å². The van der Waals surface area contributed by atoms with Gasteiger partial charge in [-0.05, 0) is 52.3 Å². The molecule has 3 aromatic rings. The van der Waals surface area contributed by atoms with Crippen LogP contribution in [0.3, 0.4) is 0 Å². The van der Waals surface area contributed by atoms with Gasteiger partial charge in [0.2, 0.25) is 0 Å². The summed E-state index contributed by atoms with van der Waals surface area (Å²) in [5.74, 6) is -1.45. The van der Waals surface area contributed by atoms with E-state index in [2.05, 4.69) is 31.1 Å². The molecule has 1 amide bonds. The fourth-order valence-electron chi connectivity index (χ4n) is 2.26. The number of nitrogens with zero attached hydrogens (tertiary/aromatic N) is 2. The van der Waals surface area contributed by atoms with Crippen LogP contribution in [-0.4, -0.2) is 22.3 Å². The molecule has 0 saturated carbocycles. The molecule has 6 nitrogen and oxygen atoms in total. The van der Waals surface area contributed by atoms with Crippen LogP contribution < -0.4 is 14.8 Å². The van der Waals surface area contributed by atoms with Crippen LogP contribution in [0.25, 0.3) is 0 Å². The van der Waals surface area contributed by atoms with Gasteiger partial charge in [0.25, 0.3) is 5.91 Å². The van der Waals surface area contributed by atoms with Crippen LogP contribution in [0.4, 0.5) is 18.9 Å². The van der Waals surface area contributed by atoms with Gasteiger partial charge in [0.1, 0.15) is 11.6 Å². The number of amides is 1. The zero-order valence-electron chi connectivity index (χ0n) is 14.4. The smallest absolute Gasteiger partial charge is 0.387 e. The van der Waals surface area contributed by atoms with Crippen LogP contribution in [0.15, 0.2) is 53.1 Å². The number of ether oxygens (including phenoxy) is 2. The first-order chi connectivity index (χ1) is 13.8. The monoisotopic (exact) mass is 489 g/mol. The Kier molecular flexibility index (Phi) is 6.65. The number of rotatable bonds is 7. The maximum absolute atomic E-state index is 13.3. The molecule has 0 spiro atoms. The molecule has 0 radical (unpaired) electrons. The van der Waals surface area contributed by atoms with E-state index in [1.54, 1.807) is 18.2 Å². The molecule has 3 rings (SSSR count). The predicted molar refractivity (Wildman–Crippen MR) is 103 cm³/mol. The number of alkyl halides is 2. The van der Waals surface area contributed by atoms with Gasteiger partial charge in [0.05, 0.1) is 10.2 Å². The molecule has 0 unspecified atom stereocenters. The van der Waals surface area contributed by atoms with E-state index in [0.29, 0.717) is 15.2 Å². The Balaban J connectivity index is 1.66. The Hall–Kier alpha value is -2.72. The second-order valence-electron chi connectivity index (χ2n) is 5.56. The average molecular weight is 491 g/mol. The predicted octanol–water partition coefficient (Wildman–Crippen LogP) is 5.33. The molecule has 0 bridgehead atoms. The van der Waals surface area contributed by atoms with Gasteiger partial charge in [-0.15, -0.1) is 0 Å². The van der Waals surface area contributed by atoms with Crippen molar-refractivity contribution in [3.8, 4) is 11.5 Å². The summed E-state index contributed by atoms with van der Waals surface area (Å²) in [6.45, 7) is -3.17. The molecule has 152 valence electrons. The highest BCUT2D eigenvalue weighted by Crippen LogP contribution is 2.29.